The average Bonchev–Trinajstić information content (AvgIpc) is 3.23. The van der Waals surface area contributed by atoms with Crippen LogP contribution in [0.2, 0.25) is 0 Å². The Morgan fingerprint density at radius 2 is 1.89 bits per heavy atom. The Balaban J connectivity index is 1.32. The molecule has 2 aromatic heterocycles. The van der Waals surface area contributed by atoms with Crippen molar-refractivity contribution in [3.8, 4) is 0 Å². The van der Waals surface area contributed by atoms with E-state index in [0.29, 0.717) is 10.7 Å². The molecule has 1 aliphatic carbocycles. The van der Waals surface area contributed by atoms with Crippen molar-refractivity contribution < 1.29 is 19.1 Å². The zero-order chi connectivity index (χ0) is 19.0. The minimum Gasteiger partial charge on any atom is -0.459 e. The number of esters is 1. The van der Waals surface area contributed by atoms with Crippen molar-refractivity contribution >= 4 is 34.1 Å². The number of carbonyl (C=O) groups excluding carboxylic acids is 3. The average molecular weight is 389 g/mol. The number of hydrogen-bond donors (Lipinski definition) is 0. The van der Waals surface area contributed by atoms with Crippen LogP contribution < -0.4 is 5.56 Å². The second kappa shape index (κ2) is 7.22. The van der Waals surface area contributed by atoms with Crippen LogP contribution in [0.1, 0.15) is 37.8 Å². The van der Waals surface area contributed by atoms with Crippen LogP contribution in [0.25, 0.3) is 4.96 Å². The topological polar surface area (TPSA) is 98.0 Å². The highest BCUT2D eigenvalue weighted by Gasteiger charge is 2.47. The lowest BCUT2D eigenvalue weighted by molar-refractivity contribution is -0.146. The van der Waals surface area contributed by atoms with Gasteiger partial charge in [0.1, 0.15) is 6.61 Å². The number of aromatic nitrogens is 2. The van der Waals surface area contributed by atoms with E-state index in [9.17, 15) is 19.2 Å². The van der Waals surface area contributed by atoms with E-state index in [4.69, 9.17) is 4.74 Å². The van der Waals surface area contributed by atoms with Crippen molar-refractivity contribution in [3.05, 3.63) is 33.7 Å². The quantitative estimate of drug-likeness (QED) is 0.566. The fraction of sp³-hybridized carbons (Fsp3) is 0.500. The Kier molecular flexibility index (Phi) is 4.77. The molecule has 2 amide bonds. The molecule has 142 valence electrons. The summed E-state index contributed by atoms with van der Waals surface area (Å²) in [5.41, 5.74) is 0.137. The third kappa shape index (κ3) is 3.39. The van der Waals surface area contributed by atoms with Crippen LogP contribution >= 0.6 is 11.3 Å². The maximum Gasteiger partial charge on any atom is 0.307 e. The number of hydrogen-bond acceptors (Lipinski definition) is 7. The van der Waals surface area contributed by atoms with Gasteiger partial charge < -0.3 is 4.74 Å². The van der Waals surface area contributed by atoms with E-state index in [-0.39, 0.29) is 48.8 Å². The molecular weight excluding hydrogens is 370 g/mol. The van der Waals surface area contributed by atoms with E-state index in [1.807, 2.05) is 0 Å². The van der Waals surface area contributed by atoms with Gasteiger partial charge in [-0.2, -0.15) is 0 Å². The zero-order valence-electron chi connectivity index (χ0n) is 14.6. The molecule has 2 aromatic rings. The maximum atomic E-state index is 12.4. The molecule has 0 N–H and O–H groups in total. The summed E-state index contributed by atoms with van der Waals surface area (Å²) in [5, 5.41) is 1.75. The molecule has 0 spiro atoms. The molecule has 27 heavy (non-hydrogen) atoms. The summed E-state index contributed by atoms with van der Waals surface area (Å²) in [6.07, 6.45) is 5.02. The normalized spacial score (nSPS) is 22.3. The molecule has 0 bridgehead atoms. The van der Waals surface area contributed by atoms with Crippen LogP contribution in [0.15, 0.2) is 22.4 Å². The highest BCUT2D eigenvalue weighted by atomic mass is 32.1. The number of amides is 2. The summed E-state index contributed by atoms with van der Waals surface area (Å²) in [4.78, 5) is 54.7. The fourth-order valence-corrected chi connectivity index (χ4v) is 4.58. The largest absolute Gasteiger partial charge is 0.459 e. The molecule has 1 saturated carbocycles. The highest BCUT2D eigenvalue weighted by Crippen LogP contribution is 2.37. The van der Waals surface area contributed by atoms with Crippen molar-refractivity contribution in [2.45, 2.75) is 38.7 Å². The Morgan fingerprint density at radius 1 is 1.19 bits per heavy atom. The van der Waals surface area contributed by atoms with Crippen molar-refractivity contribution in [2.24, 2.45) is 11.8 Å². The number of ether oxygens (including phenoxy) is 1. The first-order valence-corrected chi connectivity index (χ1v) is 9.89. The minimum absolute atomic E-state index is 0.0452. The molecule has 4 rings (SSSR count). The third-order valence-corrected chi connectivity index (χ3v) is 5.97. The van der Waals surface area contributed by atoms with Gasteiger partial charge >= 0.3 is 5.97 Å². The zero-order valence-corrected chi connectivity index (χ0v) is 15.4. The first-order chi connectivity index (χ1) is 13.0. The van der Waals surface area contributed by atoms with Crippen LogP contribution in [-0.4, -0.2) is 38.6 Å². The van der Waals surface area contributed by atoms with Gasteiger partial charge in [-0.05, 0) is 12.8 Å². The van der Waals surface area contributed by atoms with Crippen LogP contribution in [0, 0.1) is 11.8 Å². The van der Waals surface area contributed by atoms with Crippen LogP contribution in [0.4, 0.5) is 0 Å². The van der Waals surface area contributed by atoms with E-state index in [1.54, 1.807) is 11.6 Å². The molecule has 2 aliphatic rings. The molecule has 0 unspecified atom stereocenters. The SMILES string of the molecule is O=C(CCN1C(=O)[C@H]2CCCC[C@H]2C1=O)OCc1cc(=O)n2ccsc2n1. The van der Waals surface area contributed by atoms with E-state index < -0.39 is 5.97 Å². The van der Waals surface area contributed by atoms with Crippen LogP contribution in [0.3, 0.4) is 0 Å². The number of imide groups is 1. The Morgan fingerprint density at radius 3 is 2.59 bits per heavy atom. The van der Waals surface area contributed by atoms with Gasteiger partial charge in [0.15, 0.2) is 4.96 Å². The first kappa shape index (κ1) is 17.8. The van der Waals surface area contributed by atoms with Gasteiger partial charge in [-0.25, -0.2) is 4.98 Å². The smallest absolute Gasteiger partial charge is 0.307 e. The first-order valence-electron chi connectivity index (χ1n) is 9.01. The van der Waals surface area contributed by atoms with Crippen molar-refractivity contribution in [1.82, 2.24) is 14.3 Å². The van der Waals surface area contributed by atoms with E-state index in [2.05, 4.69) is 4.98 Å². The number of nitrogens with zero attached hydrogens (tertiary/aromatic N) is 3. The van der Waals surface area contributed by atoms with Crippen molar-refractivity contribution in [1.29, 1.82) is 0 Å². The minimum atomic E-state index is -0.529. The van der Waals surface area contributed by atoms with Crippen molar-refractivity contribution in [3.63, 3.8) is 0 Å². The lowest BCUT2D eigenvalue weighted by atomic mass is 9.81. The molecule has 2 fully saturated rings. The van der Waals surface area contributed by atoms with Crippen LogP contribution in [0.5, 0.6) is 0 Å². The van der Waals surface area contributed by atoms with E-state index in [0.717, 1.165) is 25.7 Å². The number of thiazole rings is 1. The summed E-state index contributed by atoms with van der Waals surface area (Å²) in [6.45, 7) is -0.0703. The molecule has 1 aliphatic heterocycles. The van der Waals surface area contributed by atoms with Gasteiger partial charge in [0.25, 0.3) is 5.56 Å². The van der Waals surface area contributed by atoms with Crippen molar-refractivity contribution in [2.75, 3.05) is 6.54 Å². The summed E-state index contributed by atoms with van der Waals surface area (Å²) in [7, 11) is 0. The fourth-order valence-electron chi connectivity index (χ4n) is 3.84. The van der Waals surface area contributed by atoms with E-state index in [1.165, 1.54) is 26.7 Å². The summed E-state index contributed by atoms with van der Waals surface area (Å²) < 4.78 is 6.58. The standard InChI is InChI=1S/C18H19N3O5S/c22-14-9-11(19-18-20(14)7-8-27-18)10-26-15(23)5-6-21-16(24)12-3-1-2-4-13(12)17(21)25/h7-9,12-13H,1-6,10H2/t12-,13+. The summed E-state index contributed by atoms with van der Waals surface area (Å²) in [5.74, 6) is -1.27. The van der Waals surface area contributed by atoms with Gasteiger partial charge in [0, 0.05) is 24.2 Å². The summed E-state index contributed by atoms with van der Waals surface area (Å²) >= 11 is 1.32. The molecule has 3 heterocycles. The number of fused-ring (bicyclic) bond motifs is 2. The van der Waals surface area contributed by atoms with Gasteiger partial charge in [-0.1, -0.05) is 12.8 Å². The number of rotatable bonds is 5. The number of carbonyl (C=O) groups is 3. The molecule has 9 heteroatoms. The number of likely N-dealkylation sites (tertiary alicyclic amines) is 1. The molecular formula is C18H19N3O5S. The summed E-state index contributed by atoms with van der Waals surface area (Å²) in [6, 6.07) is 1.32. The third-order valence-electron chi connectivity index (χ3n) is 5.21. The second-order valence-corrected chi connectivity index (χ2v) is 7.75. The van der Waals surface area contributed by atoms with Gasteiger partial charge in [-0.15, -0.1) is 11.3 Å². The predicted octanol–water partition coefficient (Wildman–Crippen LogP) is 1.36. The lowest BCUT2D eigenvalue weighted by Crippen LogP contribution is -2.33. The van der Waals surface area contributed by atoms with Gasteiger partial charge in [0.2, 0.25) is 11.8 Å². The Hall–Kier alpha value is -2.55. The monoisotopic (exact) mass is 389 g/mol. The maximum absolute atomic E-state index is 12.4. The molecule has 0 radical (unpaired) electrons. The molecule has 2 atom stereocenters. The van der Waals surface area contributed by atoms with Gasteiger partial charge in [-0.3, -0.25) is 28.5 Å². The Labute approximate surface area is 158 Å². The molecule has 1 saturated heterocycles. The van der Waals surface area contributed by atoms with Crippen LogP contribution in [-0.2, 0) is 25.7 Å². The molecule has 8 nitrogen and oxygen atoms in total. The second-order valence-electron chi connectivity index (χ2n) is 6.88. The predicted molar refractivity (Wildman–Crippen MR) is 95.9 cm³/mol. The highest BCUT2D eigenvalue weighted by molar-refractivity contribution is 7.15. The Bertz CT molecular complexity index is 941. The van der Waals surface area contributed by atoms with Gasteiger partial charge in [0.05, 0.1) is 24.0 Å². The van der Waals surface area contributed by atoms with E-state index >= 15 is 0 Å². The molecule has 0 aromatic carbocycles. The lowest BCUT2D eigenvalue weighted by Gasteiger charge is -2.19.